The summed E-state index contributed by atoms with van der Waals surface area (Å²) in [5.74, 6) is 0. The maximum absolute atomic E-state index is 6.30. The fourth-order valence-electron chi connectivity index (χ4n) is 3.83. The van der Waals surface area contributed by atoms with Gasteiger partial charge in [0, 0.05) is 29.9 Å². The van der Waals surface area contributed by atoms with Crippen LogP contribution in [0.25, 0.3) is 0 Å². The Kier molecular flexibility index (Phi) is 7.37. The van der Waals surface area contributed by atoms with E-state index in [9.17, 15) is 0 Å². The largest absolute Gasteiger partial charge is 0.373 e. The van der Waals surface area contributed by atoms with Gasteiger partial charge in [-0.3, -0.25) is 0 Å². The fourth-order valence-corrected chi connectivity index (χ4v) is 3.96. The second-order valence-corrected chi connectivity index (χ2v) is 7.86. The third-order valence-electron chi connectivity index (χ3n) is 5.38. The minimum Gasteiger partial charge on any atom is -0.373 e. The number of benzene rings is 2. The molecule has 2 aromatic rings. The molecule has 2 aromatic carbocycles. The molecule has 144 valence electrons. The van der Waals surface area contributed by atoms with Crippen LogP contribution in [-0.2, 0) is 4.74 Å². The highest BCUT2D eigenvalue weighted by molar-refractivity contribution is 6.30. The molecule has 1 aliphatic rings. The Bertz CT molecular complexity index is 713. The third-order valence-corrected chi connectivity index (χ3v) is 5.63. The third kappa shape index (κ3) is 5.60. The second-order valence-electron chi connectivity index (χ2n) is 7.42. The standard InChI is InChI=1S/C24H30ClNO/c1-19(26-17-8-10-20(26)2)9-6-7-18-27-24(21-11-4-3-5-12-21)22-13-15-23(25)16-14-22/h3-5,11-16,20,24H,1,6-10,17-18H2,2H3/t20-,24?/m0/s1. The summed E-state index contributed by atoms with van der Waals surface area (Å²) in [5.41, 5.74) is 3.60. The number of unbranched alkanes of at least 4 members (excludes halogenated alkanes) is 1. The first-order chi connectivity index (χ1) is 13.1. The van der Waals surface area contributed by atoms with Crippen molar-refractivity contribution in [2.45, 2.75) is 51.2 Å². The van der Waals surface area contributed by atoms with E-state index in [1.165, 1.54) is 30.6 Å². The van der Waals surface area contributed by atoms with Crippen molar-refractivity contribution in [3.8, 4) is 0 Å². The summed E-state index contributed by atoms with van der Waals surface area (Å²) in [4.78, 5) is 2.47. The van der Waals surface area contributed by atoms with E-state index in [-0.39, 0.29) is 6.10 Å². The maximum atomic E-state index is 6.30. The molecule has 0 aromatic heterocycles. The molecule has 2 atom stereocenters. The molecule has 0 spiro atoms. The monoisotopic (exact) mass is 383 g/mol. The topological polar surface area (TPSA) is 12.5 Å². The molecule has 1 aliphatic heterocycles. The molecule has 27 heavy (non-hydrogen) atoms. The number of ether oxygens (including phenoxy) is 1. The average Bonchev–Trinajstić information content (AvgIpc) is 3.12. The summed E-state index contributed by atoms with van der Waals surface area (Å²) in [6.45, 7) is 8.51. The van der Waals surface area contributed by atoms with Crippen LogP contribution in [-0.4, -0.2) is 24.1 Å². The van der Waals surface area contributed by atoms with Gasteiger partial charge in [-0.2, -0.15) is 0 Å². The smallest absolute Gasteiger partial charge is 0.108 e. The zero-order valence-electron chi connectivity index (χ0n) is 16.2. The van der Waals surface area contributed by atoms with Crippen LogP contribution in [0.4, 0.5) is 0 Å². The normalized spacial score (nSPS) is 17.9. The first-order valence-corrected chi connectivity index (χ1v) is 10.4. The Morgan fingerprint density at radius 2 is 1.81 bits per heavy atom. The summed E-state index contributed by atoms with van der Waals surface area (Å²) in [6.07, 6.45) is 5.75. The predicted molar refractivity (Wildman–Crippen MR) is 114 cm³/mol. The first-order valence-electron chi connectivity index (χ1n) is 10.0. The Hall–Kier alpha value is -1.77. The number of allylic oxidation sites excluding steroid dienone is 1. The number of hydrogen-bond acceptors (Lipinski definition) is 2. The predicted octanol–water partition coefficient (Wildman–Crippen LogP) is 6.61. The van der Waals surface area contributed by atoms with Gasteiger partial charge in [0.05, 0.1) is 0 Å². The van der Waals surface area contributed by atoms with Crippen LogP contribution in [0.5, 0.6) is 0 Å². The minimum absolute atomic E-state index is 0.0507. The maximum Gasteiger partial charge on any atom is 0.108 e. The Labute approximate surface area is 168 Å². The van der Waals surface area contributed by atoms with Crippen LogP contribution in [0.15, 0.2) is 66.9 Å². The van der Waals surface area contributed by atoms with Crippen LogP contribution in [0, 0.1) is 0 Å². The van der Waals surface area contributed by atoms with Crippen LogP contribution >= 0.6 is 11.6 Å². The van der Waals surface area contributed by atoms with Crippen molar-refractivity contribution in [2.24, 2.45) is 0 Å². The molecule has 0 amide bonds. The molecule has 1 fully saturated rings. The van der Waals surface area contributed by atoms with Crippen molar-refractivity contribution in [3.63, 3.8) is 0 Å². The van der Waals surface area contributed by atoms with E-state index in [1.807, 2.05) is 18.2 Å². The molecule has 2 nitrogen and oxygen atoms in total. The van der Waals surface area contributed by atoms with Crippen molar-refractivity contribution in [2.75, 3.05) is 13.2 Å². The van der Waals surface area contributed by atoms with Gasteiger partial charge in [-0.05, 0) is 62.3 Å². The molecule has 0 bridgehead atoms. The van der Waals surface area contributed by atoms with Gasteiger partial charge in [0.2, 0.25) is 0 Å². The van der Waals surface area contributed by atoms with Gasteiger partial charge in [-0.1, -0.05) is 60.6 Å². The SMILES string of the molecule is C=C(CCCCOC(c1ccccc1)c1ccc(Cl)cc1)N1CCC[C@@H]1C. The average molecular weight is 384 g/mol. The zero-order valence-corrected chi connectivity index (χ0v) is 17.0. The molecular formula is C24H30ClNO. The van der Waals surface area contributed by atoms with E-state index in [4.69, 9.17) is 16.3 Å². The summed E-state index contributed by atoms with van der Waals surface area (Å²) >= 11 is 6.05. The highest BCUT2D eigenvalue weighted by Gasteiger charge is 2.20. The van der Waals surface area contributed by atoms with Crippen molar-refractivity contribution in [1.29, 1.82) is 0 Å². The van der Waals surface area contributed by atoms with Gasteiger partial charge < -0.3 is 9.64 Å². The zero-order chi connectivity index (χ0) is 19.1. The van der Waals surface area contributed by atoms with Crippen LogP contribution < -0.4 is 0 Å². The van der Waals surface area contributed by atoms with E-state index in [1.54, 1.807) is 0 Å². The van der Waals surface area contributed by atoms with Crippen molar-refractivity contribution in [3.05, 3.63) is 83.0 Å². The Morgan fingerprint density at radius 1 is 1.11 bits per heavy atom. The lowest BCUT2D eigenvalue weighted by molar-refractivity contribution is 0.0769. The second kappa shape index (κ2) is 9.96. The van der Waals surface area contributed by atoms with E-state index in [2.05, 4.69) is 54.8 Å². The number of halogens is 1. The van der Waals surface area contributed by atoms with Crippen LogP contribution in [0.3, 0.4) is 0 Å². The van der Waals surface area contributed by atoms with Crippen LogP contribution in [0.1, 0.15) is 56.3 Å². The van der Waals surface area contributed by atoms with Gasteiger partial charge in [-0.25, -0.2) is 0 Å². The van der Waals surface area contributed by atoms with Crippen molar-refractivity contribution >= 4 is 11.6 Å². The summed E-state index contributed by atoms with van der Waals surface area (Å²) in [5, 5.41) is 0.750. The summed E-state index contributed by atoms with van der Waals surface area (Å²) in [7, 11) is 0. The van der Waals surface area contributed by atoms with Gasteiger partial charge in [0.25, 0.3) is 0 Å². The van der Waals surface area contributed by atoms with E-state index in [0.717, 1.165) is 36.5 Å². The quantitative estimate of drug-likeness (QED) is 0.451. The molecule has 0 N–H and O–H groups in total. The van der Waals surface area contributed by atoms with Gasteiger partial charge in [0.15, 0.2) is 0 Å². The first kappa shape index (κ1) is 20.0. The summed E-state index contributed by atoms with van der Waals surface area (Å²) in [6, 6.07) is 19.0. The molecule has 0 saturated carbocycles. The lowest BCUT2D eigenvalue weighted by Gasteiger charge is -2.26. The van der Waals surface area contributed by atoms with Crippen LogP contribution in [0.2, 0.25) is 5.02 Å². The number of rotatable bonds is 9. The number of hydrogen-bond donors (Lipinski definition) is 0. The highest BCUT2D eigenvalue weighted by atomic mass is 35.5. The molecule has 1 saturated heterocycles. The molecule has 3 rings (SSSR count). The van der Waals surface area contributed by atoms with Gasteiger partial charge in [-0.15, -0.1) is 0 Å². The lowest BCUT2D eigenvalue weighted by atomic mass is 10.0. The molecule has 0 aliphatic carbocycles. The van der Waals surface area contributed by atoms with E-state index < -0.39 is 0 Å². The van der Waals surface area contributed by atoms with Crippen molar-refractivity contribution < 1.29 is 4.74 Å². The minimum atomic E-state index is -0.0507. The summed E-state index contributed by atoms with van der Waals surface area (Å²) < 4.78 is 6.30. The molecule has 0 radical (unpaired) electrons. The van der Waals surface area contributed by atoms with E-state index in [0.29, 0.717) is 6.04 Å². The lowest BCUT2D eigenvalue weighted by Crippen LogP contribution is -2.25. The molecular weight excluding hydrogens is 354 g/mol. The number of likely N-dealkylation sites (tertiary alicyclic amines) is 1. The number of nitrogens with zero attached hydrogens (tertiary/aromatic N) is 1. The molecule has 1 heterocycles. The van der Waals surface area contributed by atoms with Gasteiger partial charge in [0.1, 0.15) is 6.10 Å². The fraction of sp³-hybridized carbons (Fsp3) is 0.417. The molecule has 1 unspecified atom stereocenters. The Balaban J connectivity index is 1.51. The Morgan fingerprint density at radius 3 is 2.48 bits per heavy atom. The van der Waals surface area contributed by atoms with Crippen molar-refractivity contribution in [1.82, 2.24) is 4.90 Å². The van der Waals surface area contributed by atoms with Gasteiger partial charge >= 0.3 is 0 Å². The molecule has 3 heteroatoms. The van der Waals surface area contributed by atoms with E-state index >= 15 is 0 Å². The highest BCUT2D eigenvalue weighted by Crippen LogP contribution is 2.28.